The van der Waals surface area contributed by atoms with Crippen LogP contribution in [0.4, 0.5) is 0 Å². The van der Waals surface area contributed by atoms with Gasteiger partial charge in [0.15, 0.2) is 5.69 Å². The second kappa shape index (κ2) is 5.99. The Kier molecular flexibility index (Phi) is 4.34. The molecule has 2 heterocycles. The molecule has 1 amide bonds. The highest BCUT2D eigenvalue weighted by molar-refractivity contribution is 7.07. The third-order valence-corrected chi connectivity index (χ3v) is 3.42. The number of carbonyl (C=O) groups excluding carboxylic acids is 1. The summed E-state index contributed by atoms with van der Waals surface area (Å²) in [5, 5.41) is 19.9. The number of hydrogen-bond acceptors (Lipinski definition) is 5. The fourth-order valence-electron chi connectivity index (χ4n) is 1.53. The molecule has 1 unspecified atom stereocenters. The van der Waals surface area contributed by atoms with Crippen LogP contribution in [0.5, 0.6) is 0 Å². The molecule has 2 N–H and O–H groups in total. The third-order valence-electron chi connectivity index (χ3n) is 2.71. The van der Waals surface area contributed by atoms with E-state index in [1.54, 1.807) is 6.07 Å². The Labute approximate surface area is 115 Å². The molecule has 2 aromatic rings. The van der Waals surface area contributed by atoms with Crippen molar-refractivity contribution in [3.63, 3.8) is 0 Å². The number of rotatable bonds is 5. The first-order chi connectivity index (χ1) is 9.08. The van der Waals surface area contributed by atoms with Crippen LogP contribution >= 0.6 is 11.3 Å². The van der Waals surface area contributed by atoms with Gasteiger partial charge >= 0.3 is 0 Å². The molecule has 0 bridgehead atoms. The largest absolute Gasteiger partial charge is 0.387 e. The molecule has 0 saturated carbocycles. The van der Waals surface area contributed by atoms with E-state index in [4.69, 9.17) is 4.52 Å². The quantitative estimate of drug-likeness (QED) is 0.881. The van der Waals surface area contributed by atoms with Gasteiger partial charge in [-0.15, -0.1) is 0 Å². The van der Waals surface area contributed by atoms with Gasteiger partial charge in [-0.2, -0.15) is 11.3 Å². The zero-order valence-corrected chi connectivity index (χ0v) is 11.6. The Morgan fingerprint density at radius 1 is 1.58 bits per heavy atom. The van der Waals surface area contributed by atoms with Crippen molar-refractivity contribution in [1.82, 2.24) is 10.5 Å². The molecule has 19 heavy (non-hydrogen) atoms. The molecule has 0 spiro atoms. The number of nitrogens with one attached hydrogen (secondary N) is 1. The van der Waals surface area contributed by atoms with Gasteiger partial charge in [-0.3, -0.25) is 4.79 Å². The molecular formula is C13H16N2O3S. The summed E-state index contributed by atoms with van der Waals surface area (Å²) < 4.78 is 5.05. The summed E-state index contributed by atoms with van der Waals surface area (Å²) in [4.78, 5) is 11.8. The molecule has 5 nitrogen and oxygen atoms in total. The number of hydrogen-bond donors (Lipinski definition) is 2. The van der Waals surface area contributed by atoms with Crippen LogP contribution in [0.1, 0.15) is 47.7 Å². The van der Waals surface area contributed by atoms with Crippen LogP contribution in [0.3, 0.4) is 0 Å². The monoisotopic (exact) mass is 280 g/mol. The minimum Gasteiger partial charge on any atom is -0.387 e. The lowest BCUT2D eigenvalue weighted by atomic mass is 10.1. The second-order valence-corrected chi connectivity index (χ2v) is 5.33. The summed E-state index contributed by atoms with van der Waals surface area (Å²) >= 11 is 1.51. The van der Waals surface area contributed by atoms with Crippen LogP contribution in [0.15, 0.2) is 27.4 Å². The van der Waals surface area contributed by atoms with Crippen molar-refractivity contribution in [3.8, 4) is 0 Å². The van der Waals surface area contributed by atoms with Gasteiger partial charge in [0.05, 0.1) is 6.10 Å². The maximum atomic E-state index is 11.8. The van der Waals surface area contributed by atoms with Crippen molar-refractivity contribution < 1.29 is 14.4 Å². The van der Waals surface area contributed by atoms with E-state index >= 15 is 0 Å². The molecule has 2 aromatic heterocycles. The van der Waals surface area contributed by atoms with E-state index in [-0.39, 0.29) is 24.1 Å². The average molecular weight is 280 g/mol. The first kappa shape index (κ1) is 13.8. The maximum absolute atomic E-state index is 11.8. The van der Waals surface area contributed by atoms with Crippen LogP contribution in [-0.2, 0) is 0 Å². The molecule has 0 radical (unpaired) electrons. The lowest BCUT2D eigenvalue weighted by molar-refractivity contribution is 0.0907. The number of nitrogens with zero attached hydrogens (tertiary/aromatic N) is 1. The van der Waals surface area contributed by atoms with Gasteiger partial charge < -0.3 is 14.9 Å². The van der Waals surface area contributed by atoms with Gasteiger partial charge in [-0.1, -0.05) is 19.0 Å². The van der Waals surface area contributed by atoms with Gasteiger partial charge in [-0.25, -0.2) is 0 Å². The summed E-state index contributed by atoms with van der Waals surface area (Å²) in [6.07, 6.45) is -0.702. The number of thiophene rings is 1. The number of aliphatic hydroxyl groups excluding tert-OH is 1. The second-order valence-electron chi connectivity index (χ2n) is 4.55. The molecule has 0 aliphatic rings. The van der Waals surface area contributed by atoms with Crippen molar-refractivity contribution in [2.24, 2.45) is 0 Å². The molecule has 2 rings (SSSR count). The van der Waals surface area contributed by atoms with Gasteiger partial charge in [0, 0.05) is 18.5 Å². The smallest absolute Gasteiger partial charge is 0.273 e. The van der Waals surface area contributed by atoms with Crippen molar-refractivity contribution in [2.45, 2.75) is 25.9 Å². The zero-order chi connectivity index (χ0) is 13.8. The predicted molar refractivity (Wildman–Crippen MR) is 72.2 cm³/mol. The molecule has 102 valence electrons. The Hall–Kier alpha value is -1.66. The normalized spacial score (nSPS) is 12.6. The third kappa shape index (κ3) is 3.42. The molecule has 0 saturated heterocycles. The van der Waals surface area contributed by atoms with Gasteiger partial charge in [0.1, 0.15) is 5.76 Å². The molecule has 0 aliphatic heterocycles. The highest BCUT2D eigenvalue weighted by atomic mass is 32.1. The van der Waals surface area contributed by atoms with Crippen LogP contribution in [0.2, 0.25) is 0 Å². The standard InChI is InChI=1S/C13H16N2O3S/c1-8(2)12-5-10(15-18-12)13(17)14-6-11(16)9-3-4-19-7-9/h3-5,7-8,11,16H,6H2,1-2H3,(H,14,17). The lowest BCUT2D eigenvalue weighted by Gasteiger charge is -2.09. The summed E-state index contributed by atoms with van der Waals surface area (Å²) in [6, 6.07) is 3.45. The summed E-state index contributed by atoms with van der Waals surface area (Å²) in [7, 11) is 0. The number of aliphatic hydroxyl groups is 1. The molecule has 6 heteroatoms. The number of aromatic nitrogens is 1. The first-order valence-electron chi connectivity index (χ1n) is 6.03. The van der Waals surface area contributed by atoms with E-state index in [0.717, 1.165) is 5.56 Å². The van der Waals surface area contributed by atoms with Crippen molar-refractivity contribution in [3.05, 3.63) is 39.9 Å². The van der Waals surface area contributed by atoms with Crippen LogP contribution < -0.4 is 5.32 Å². The Balaban J connectivity index is 1.90. The Bertz CT molecular complexity index is 534. The van der Waals surface area contributed by atoms with Crippen molar-refractivity contribution >= 4 is 17.2 Å². The van der Waals surface area contributed by atoms with E-state index in [2.05, 4.69) is 10.5 Å². The van der Waals surface area contributed by atoms with Crippen LogP contribution in [0, 0.1) is 0 Å². The van der Waals surface area contributed by atoms with Gasteiger partial charge in [-0.05, 0) is 22.4 Å². The SMILES string of the molecule is CC(C)c1cc(C(=O)NCC(O)c2ccsc2)no1. The topological polar surface area (TPSA) is 75.4 Å². The first-order valence-corrected chi connectivity index (χ1v) is 6.97. The minimum atomic E-state index is -0.702. The highest BCUT2D eigenvalue weighted by Crippen LogP contribution is 2.16. The molecule has 0 fully saturated rings. The van der Waals surface area contributed by atoms with E-state index < -0.39 is 6.10 Å². The molecule has 1 atom stereocenters. The van der Waals surface area contributed by atoms with Gasteiger partial charge in [0.2, 0.25) is 0 Å². The zero-order valence-electron chi connectivity index (χ0n) is 10.8. The Morgan fingerprint density at radius 2 is 2.37 bits per heavy atom. The van der Waals surface area contributed by atoms with E-state index in [1.807, 2.05) is 30.7 Å². The highest BCUT2D eigenvalue weighted by Gasteiger charge is 2.16. The van der Waals surface area contributed by atoms with Crippen molar-refractivity contribution in [2.75, 3.05) is 6.54 Å². The maximum Gasteiger partial charge on any atom is 0.273 e. The average Bonchev–Trinajstić information content (AvgIpc) is 3.05. The Morgan fingerprint density at radius 3 is 2.95 bits per heavy atom. The van der Waals surface area contributed by atoms with Crippen LogP contribution in [-0.4, -0.2) is 22.7 Å². The summed E-state index contributed by atoms with van der Waals surface area (Å²) in [6.45, 7) is 4.07. The molecular weight excluding hydrogens is 264 g/mol. The van der Waals surface area contributed by atoms with Gasteiger partial charge in [0.25, 0.3) is 5.91 Å². The lowest BCUT2D eigenvalue weighted by Crippen LogP contribution is -2.28. The fourth-order valence-corrected chi connectivity index (χ4v) is 2.24. The van der Waals surface area contributed by atoms with Crippen molar-refractivity contribution in [1.29, 1.82) is 0 Å². The number of amides is 1. The summed E-state index contributed by atoms with van der Waals surface area (Å²) in [5.41, 5.74) is 1.04. The number of carbonyl (C=O) groups is 1. The van der Waals surface area contributed by atoms with E-state index in [9.17, 15) is 9.90 Å². The minimum absolute atomic E-state index is 0.152. The molecule has 0 aliphatic carbocycles. The van der Waals surface area contributed by atoms with E-state index in [0.29, 0.717) is 5.76 Å². The fraction of sp³-hybridized carbons (Fsp3) is 0.385. The summed E-state index contributed by atoms with van der Waals surface area (Å²) in [5.74, 6) is 0.513. The van der Waals surface area contributed by atoms with E-state index in [1.165, 1.54) is 11.3 Å². The molecule has 0 aromatic carbocycles. The van der Waals surface area contributed by atoms with Crippen LogP contribution in [0.25, 0.3) is 0 Å². The predicted octanol–water partition coefficient (Wildman–Crippen LogP) is 2.32.